The molecule has 1 atom stereocenters. The van der Waals surface area contributed by atoms with Crippen molar-refractivity contribution in [3.8, 4) is 0 Å². The average molecular weight is 332 g/mol. The van der Waals surface area contributed by atoms with E-state index in [4.69, 9.17) is 5.11 Å². The largest absolute Gasteiger partial charge is 0.478 e. The molecule has 2 N–H and O–H groups in total. The van der Waals surface area contributed by atoms with E-state index < -0.39 is 5.97 Å². The van der Waals surface area contributed by atoms with Gasteiger partial charge in [0.05, 0.1) is 5.56 Å². The van der Waals surface area contributed by atoms with Crippen LogP contribution in [0.4, 0.5) is 5.69 Å². The molecule has 1 rings (SSSR count). The Labute approximate surface area is 120 Å². The van der Waals surface area contributed by atoms with Crippen LogP contribution in [0.1, 0.15) is 30.6 Å². The predicted molar refractivity (Wildman–Crippen MR) is 81.8 cm³/mol. The molecule has 0 aliphatic rings. The van der Waals surface area contributed by atoms with Crippen molar-refractivity contribution in [2.75, 3.05) is 16.8 Å². The number of carboxylic acid groups (broad SMARTS) is 1. The Bertz CT molecular complexity index is 412. The molecule has 0 radical (unpaired) electrons. The lowest BCUT2D eigenvalue weighted by Crippen LogP contribution is -2.16. The maximum atomic E-state index is 10.9. The van der Waals surface area contributed by atoms with E-state index >= 15 is 0 Å². The van der Waals surface area contributed by atoms with E-state index in [2.05, 4.69) is 35.1 Å². The number of thioether (sulfide) groups is 1. The maximum Gasteiger partial charge on any atom is 0.336 e. The van der Waals surface area contributed by atoms with Gasteiger partial charge in [-0.05, 0) is 59.0 Å². The Kier molecular flexibility index (Phi) is 6.57. The SMILES string of the molecule is CCSCCC(C)Nc1ccc(C(=O)O)c(Br)c1. The molecule has 5 heteroatoms. The first kappa shape index (κ1) is 15.4. The van der Waals surface area contributed by atoms with Crippen LogP contribution in [0.3, 0.4) is 0 Å². The third-order valence-corrected chi connectivity index (χ3v) is 4.10. The van der Waals surface area contributed by atoms with E-state index in [1.165, 1.54) is 0 Å². The lowest BCUT2D eigenvalue weighted by Gasteiger charge is -2.15. The molecule has 1 aromatic rings. The van der Waals surface area contributed by atoms with Crippen molar-refractivity contribution in [2.45, 2.75) is 26.3 Å². The molecule has 0 aliphatic carbocycles. The summed E-state index contributed by atoms with van der Waals surface area (Å²) in [6, 6.07) is 5.61. The standard InChI is InChI=1S/C13H18BrNO2S/c1-3-18-7-6-9(2)15-10-4-5-11(13(16)17)12(14)8-10/h4-5,8-9,15H,3,6-7H2,1-2H3,(H,16,17). The number of rotatable bonds is 7. The van der Waals surface area contributed by atoms with Crippen LogP contribution in [0.5, 0.6) is 0 Å². The van der Waals surface area contributed by atoms with Crippen LogP contribution in [-0.2, 0) is 0 Å². The Morgan fingerprint density at radius 1 is 1.56 bits per heavy atom. The Hall–Kier alpha value is -0.680. The maximum absolute atomic E-state index is 10.9. The normalized spacial score (nSPS) is 12.2. The molecule has 3 nitrogen and oxygen atoms in total. The molecule has 18 heavy (non-hydrogen) atoms. The van der Waals surface area contributed by atoms with E-state index in [1.54, 1.807) is 12.1 Å². The highest BCUT2D eigenvalue weighted by Crippen LogP contribution is 2.22. The highest BCUT2D eigenvalue weighted by molar-refractivity contribution is 9.10. The van der Waals surface area contributed by atoms with Crippen molar-refractivity contribution in [2.24, 2.45) is 0 Å². The van der Waals surface area contributed by atoms with Crippen molar-refractivity contribution in [3.05, 3.63) is 28.2 Å². The fourth-order valence-electron chi connectivity index (χ4n) is 1.54. The Balaban J connectivity index is 2.57. The summed E-state index contributed by atoms with van der Waals surface area (Å²) in [5.41, 5.74) is 1.23. The quantitative estimate of drug-likeness (QED) is 0.739. The second-order valence-corrected chi connectivity index (χ2v) is 6.28. The van der Waals surface area contributed by atoms with Crippen molar-refractivity contribution < 1.29 is 9.90 Å². The second kappa shape index (κ2) is 7.69. The summed E-state index contributed by atoms with van der Waals surface area (Å²) in [5.74, 6) is 1.37. The molecule has 0 spiro atoms. The van der Waals surface area contributed by atoms with Crippen molar-refractivity contribution >= 4 is 39.3 Å². The number of hydrogen-bond acceptors (Lipinski definition) is 3. The number of aromatic carboxylic acids is 1. The van der Waals surface area contributed by atoms with Crippen LogP contribution in [0.25, 0.3) is 0 Å². The molecule has 0 amide bonds. The molecule has 0 heterocycles. The molecular weight excluding hydrogens is 314 g/mol. The zero-order chi connectivity index (χ0) is 13.5. The molecule has 0 bridgehead atoms. The number of hydrogen-bond donors (Lipinski definition) is 2. The van der Waals surface area contributed by atoms with Crippen molar-refractivity contribution in [1.82, 2.24) is 0 Å². The predicted octanol–water partition coefficient (Wildman–Crippen LogP) is 4.09. The van der Waals surface area contributed by atoms with E-state index in [9.17, 15) is 4.79 Å². The minimum Gasteiger partial charge on any atom is -0.478 e. The average Bonchev–Trinajstić information content (AvgIpc) is 2.28. The first-order chi connectivity index (χ1) is 8.54. The van der Waals surface area contributed by atoms with Gasteiger partial charge in [0, 0.05) is 16.2 Å². The first-order valence-corrected chi connectivity index (χ1v) is 7.86. The molecule has 0 saturated heterocycles. The summed E-state index contributed by atoms with van der Waals surface area (Å²) in [6.45, 7) is 4.29. The molecular formula is C13H18BrNO2S. The Morgan fingerprint density at radius 3 is 2.83 bits per heavy atom. The van der Waals surface area contributed by atoms with Gasteiger partial charge in [0.15, 0.2) is 0 Å². The van der Waals surface area contributed by atoms with Crippen molar-refractivity contribution in [1.29, 1.82) is 0 Å². The molecule has 1 unspecified atom stereocenters. The van der Waals surface area contributed by atoms with Gasteiger partial charge < -0.3 is 10.4 Å². The number of carbonyl (C=O) groups is 1. The fraction of sp³-hybridized carbons (Fsp3) is 0.462. The number of halogens is 1. The molecule has 0 saturated carbocycles. The van der Waals surface area contributed by atoms with Gasteiger partial charge in [0.2, 0.25) is 0 Å². The van der Waals surface area contributed by atoms with Gasteiger partial charge in [-0.15, -0.1) is 0 Å². The van der Waals surface area contributed by atoms with Gasteiger partial charge in [0.25, 0.3) is 0 Å². The minimum absolute atomic E-state index is 0.287. The number of carboxylic acids is 1. The van der Waals surface area contributed by atoms with Crippen LogP contribution in [0, 0.1) is 0 Å². The second-order valence-electron chi connectivity index (χ2n) is 4.03. The van der Waals surface area contributed by atoms with Gasteiger partial charge in [-0.2, -0.15) is 11.8 Å². The van der Waals surface area contributed by atoms with Gasteiger partial charge in [-0.25, -0.2) is 4.79 Å². The first-order valence-electron chi connectivity index (χ1n) is 5.91. The molecule has 0 aromatic heterocycles. The summed E-state index contributed by atoms with van der Waals surface area (Å²) in [7, 11) is 0. The van der Waals surface area contributed by atoms with Gasteiger partial charge in [-0.1, -0.05) is 6.92 Å². The minimum atomic E-state index is -0.916. The van der Waals surface area contributed by atoms with E-state index in [-0.39, 0.29) is 5.56 Å². The third kappa shape index (κ3) is 4.90. The fourth-order valence-corrected chi connectivity index (χ4v) is 2.90. The highest BCUT2D eigenvalue weighted by atomic mass is 79.9. The van der Waals surface area contributed by atoms with Crippen molar-refractivity contribution in [3.63, 3.8) is 0 Å². The van der Waals surface area contributed by atoms with Crippen LogP contribution >= 0.6 is 27.7 Å². The summed E-state index contributed by atoms with van der Waals surface area (Å²) in [6.07, 6.45) is 1.09. The number of anilines is 1. The number of nitrogens with one attached hydrogen (secondary N) is 1. The number of benzene rings is 1. The zero-order valence-electron chi connectivity index (χ0n) is 10.6. The van der Waals surface area contributed by atoms with Crippen LogP contribution in [0.15, 0.2) is 22.7 Å². The summed E-state index contributed by atoms with van der Waals surface area (Å²) in [4.78, 5) is 10.9. The Morgan fingerprint density at radius 2 is 2.28 bits per heavy atom. The lowest BCUT2D eigenvalue weighted by atomic mass is 10.2. The molecule has 1 aromatic carbocycles. The van der Waals surface area contributed by atoms with Crippen LogP contribution < -0.4 is 5.32 Å². The van der Waals surface area contributed by atoms with Crippen LogP contribution in [-0.4, -0.2) is 28.6 Å². The molecule has 0 aliphatic heterocycles. The zero-order valence-corrected chi connectivity index (χ0v) is 13.0. The molecule has 100 valence electrons. The summed E-state index contributed by atoms with van der Waals surface area (Å²) >= 11 is 5.21. The lowest BCUT2D eigenvalue weighted by molar-refractivity contribution is 0.0696. The molecule has 0 fully saturated rings. The summed E-state index contributed by atoms with van der Waals surface area (Å²) in [5, 5.41) is 12.3. The highest BCUT2D eigenvalue weighted by Gasteiger charge is 2.09. The monoisotopic (exact) mass is 331 g/mol. The smallest absolute Gasteiger partial charge is 0.336 e. The summed E-state index contributed by atoms with van der Waals surface area (Å²) < 4.78 is 0.607. The van der Waals surface area contributed by atoms with Crippen LogP contribution in [0.2, 0.25) is 0 Å². The van der Waals surface area contributed by atoms with E-state index in [0.717, 1.165) is 23.6 Å². The van der Waals surface area contributed by atoms with E-state index in [1.807, 2.05) is 17.8 Å². The third-order valence-electron chi connectivity index (χ3n) is 2.51. The van der Waals surface area contributed by atoms with Gasteiger partial charge in [0.1, 0.15) is 0 Å². The van der Waals surface area contributed by atoms with E-state index in [0.29, 0.717) is 10.5 Å². The topological polar surface area (TPSA) is 49.3 Å². The van der Waals surface area contributed by atoms with Gasteiger partial charge in [-0.3, -0.25) is 0 Å². The van der Waals surface area contributed by atoms with Gasteiger partial charge >= 0.3 is 5.97 Å².